The zero-order valence-electron chi connectivity index (χ0n) is 11.0. The summed E-state index contributed by atoms with van der Waals surface area (Å²) in [5.41, 5.74) is 9.83. The fraction of sp³-hybridized carbons (Fsp3) is 0.0625. The SMILES string of the molecule is C#Cc1cccc(-c2ccc3nc(C)nc(N)c3n2)c1. The number of pyridine rings is 1. The van der Waals surface area contributed by atoms with Crippen molar-refractivity contribution < 1.29 is 0 Å². The molecule has 0 spiro atoms. The molecule has 1 aromatic carbocycles. The number of aryl methyl sites for hydroxylation is 1. The molecule has 0 atom stereocenters. The first kappa shape index (κ1) is 12.1. The lowest BCUT2D eigenvalue weighted by Gasteiger charge is -2.05. The molecule has 0 bridgehead atoms. The van der Waals surface area contributed by atoms with Gasteiger partial charge in [-0.1, -0.05) is 18.1 Å². The van der Waals surface area contributed by atoms with Gasteiger partial charge in [0.05, 0.1) is 11.2 Å². The number of hydrogen-bond acceptors (Lipinski definition) is 4. The first-order chi connectivity index (χ1) is 9.67. The van der Waals surface area contributed by atoms with Crippen LogP contribution in [0.1, 0.15) is 11.4 Å². The molecule has 2 N–H and O–H groups in total. The Morgan fingerprint density at radius 1 is 1.10 bits per heavy atom. The fourth-order valence-corrected chi connectivity index (χ4v) is 2.09. The summed E-state index contributed by atoms with van der Waals surface area (Å²) in [7, 11) is 0. The second-order valence-corrected chi connectivity index (χ2v) is 4.45. The van der Waals surface area contributed by atoms with E-state index in [4.69, 9.17) is 12.2 Å². The smallest absolute Gasteiger partial charge is 0.153 e. The number of nitrogens with zero attached hydrogens (tertiary/aromatic N) is 3. The number of hydrogen-bond donors (Lipinski definition) is 1. The molecule has 0 amide bonds. The van der Waals surface area contributed by atoms with Crippen LogP contribution in [0.2, 0.25) is 0 Å². The van der Waals surface area contributed by atoms with E-state index >= 15 is 0 Å². The third kappa shape index (κ3) is 2.06. The summed E-state index contributed by atoms with van der Waals surface area (Å²) in [6.45, 7) is 1.81. The lowest BCUT2D eigenvalue weighted by Crippen LogP contribution is -1.99. The number of benzene rings is 1. The number of aromatic nitrogens is 3. The van der Waals surface area contributed by atoms with Crippen molar-refractivity contribution in [2.75, 3.05) is 5.73 Å². The van der Waals surface area contributed by atoms with Crippen molar-refractivity contribution in [3.8, 4) is 23.6 Å². The van der Waals surface area contributed by atoms with Gasteiger partial charge in [0.2, 0.25) is 0 Å². The summed E-state index contributed by atoms with van der Waals surface area (Å²) >= 11 is 0. The maximum Gasteiger partial charge on any atom is 0.153 e. The number of nitrogen functional groups attached to an aromatic ring is 1. The molecular weight excluding hydrogens is 248 g/mol. The van der Waals surface area contributed by atoms with Crippen LogP contribution in [0, 0.1) is 19.3 Å². The molecular formula is C16H12N4. The van der Waals surface area contributed by atoms with Gasteiger partial charge < -0.3 is 5.73 Å². The van der Waals surface area contributed by atoms with Crippen molar-refractivity contribution in [3.05, 3.63) is 47.8 Å². The summed E-state index contributed by atoms with van der Waals surface area (Å²) in [6.07, 6.45) is 5.42. The highest BCUT2D eigenvalue weighted by Crippen LogP contribution is 2.23. The monoisotopic (exact) mass is 260 g/mol. The minimum absolute atomic E-state index is 0.391. The third-order valence-electron chi connectivity index (χ3n) is 3.01. The van der Waals surface area contributed by atoms with E-state index in [0.717, 1.165) is 22.3 Å². The first-order valence-corrected chi connectivity index (χ1v) is 6.15. The predicted molar refractivity (Wildman–Crippen MR) is 79.9 cm³/mol. The molecule has 0 fully saturated rings. The summed E-state index contributed by atoms with van der Waals surface area (Å²) in [5.74, 6) is 3.64. The van der Waals surface area contributed by atoms with Crippen molar-refractivity contribution >= 4 is 16.9 Å². The molecule has 0 saturated heterocycles. The van der Waals surface area contributed by atoms with Crippen molar-refractivity contribution in [1.82, 2.24) is 15.0 Å². The van der Waals surface area contributed by atoms with Crippen LogP contribution in [0.5, 0.6) is 0 Å². The van der Waals surface area contributed by atoms with E-state index < -0.39 is 0 Å². The largest absolute Gasteiger partial charge is 0.382 e. The molecule has 0 saturated carbocycles. The molecule has 0 radical (unpaired) electrons. The van der Waals surface area contributed by atoms with Gasteiger partial charge in [0.25, 0.3) is 0 Å². The molecule has 0 aliphatic rings. The molecule has 0 aliphatic carbocycles. The zero-order valence-corrected chi connectivity index (χ0v) is 11.0. The Bertz CT molecular complexity index is 847. The standard InChI is InChI=1S/C16H12N4/c1-3-11-5-4-6-12(9-11)13-7-8-14-15(20-13)16(17)19-10(2)18-14/h1,4-9H,2H3,(H2,17,18,19). The molecule has 0 aliphatic heterocycles. The molecule has 3 rings (SSSR count). The van der Waals surface area contributed by atoms with Crippen LogP contribution in [0.25, 0.3) is 22.3 Å². The van der Waals surface area contributed by atoms with Crippen LogP contribution < -0.4 is 5.73 Å². The lowest BCUT2D eigenvalue weighted by molar-refractivity contribution is 1.09. The van der Waals surface area contributed by atoms with Gasteiger partial charge in [0.1, 0.15) is 11.3 Å². The predicted octanol–water partition coefficient (Wildman–Crippen LogP) is 2.56. The highest BCUT2D eigenvalue weighted by atomic mass is 15.0. The fourth-order valence-electron chi connectivity index (χ4n) is 2.09. The Hall–Kier alpha value is -2.93. The van der Waals surface area contributed by atoms with Gasteiger partial charge >= 0.3 is 0 Å². The Balaban J connectivity index is 2.20. The Labute approximate surface area is 116 Å². The summed E-state index contributed by atoms with van der Waals surface area (Å²) in [4.78, 5) is 13.0. The molecule has 4 nitrogen and oxygen atoms in total. The zero-order chi connectivity index (χ0) is 14.1. The van der Waals surface area contributed by atoms with Crippen molar-refractivity contribution in [2.24, 2.45) is 0 Å². The van der Waals surface area contributed by atoms with Crippen LogP contribution in [0.15, 0.2) is 36.4 Å². The van der Waals surface area contributed by atoms with Gasteiger partial charge in [-0.25, -0.2) is 15.0 Å². The molecule has 96 valence electrons. The second-order valence-electron chi connectivity index (χ2n) is 4.45. The Morgan fingerprint density at radius 2 is 1.95 bits per heavy atom. The number of nitrogens with two attached hydrogens (primary N) is 1. The number of terminal acetylenes is 1. The maximum absolute atomic E-state index is 5.91. The molecule has 3 aromatic rings. The molecule has 20 heavy (non-hydrogen) atoms. The molecule has 0 unspecified atom stereocenters. The van der Waals surface area contributed by atoms with Crippen LogP contribution >= 0.6 is 0 Å². The van der Waals surface area contributed by atoms with Gasteiger partial charge in [-0.2, -0.15) is 0 Å². The minimum atomic E-state index is 0.391. The summed E-state index contributed by atoms with van der Waals surface area (Å²) in [5, 5.41) is 0. The molecule has 2 heterocycles. The number of anilines is 1. The molecule has 2 aromatic heterocycles. The first-order valence-electron chi connectivity index (χ1n) is 6.15. The van der Waals surface area contributed by atoms with Crippen molar-refractivity contribution in [2.45, 2.75) is 6.92 Å². The number of rotatable bonds is 1. The van der Waals surface area contributed by atoms with Gasteiger partial charge in [-0.15, -0.1) is 6.42 Å². The van der Waals surface area contributed by atoms with Gasteiger partial charge in [0, 0.05) is 11.1 Å². The average Bonchev–Trinajstić information content (AvgIpc) is 2.47. The van der Waals surface area contributed by atoms with Gasteiger partial charge in [-0.05, 0) is 31.2 Å². The topological polar surface area (TPSA) is 64.7 Å². The molecule has 4 heteroatoms. The van der Waals surface area contributed by atoms with Crippen LogP contribution in [-0.2, 0) is 0 Å². The number of fused-ring (bicyclic) bond motifs is 1. The van der Waals surface area contributed by atoms with Crippen LogP contribution in [0.4, 0.5) is 5.82 Å². The normalized spacial score (nSPS) is 10.4. The van der Waals surface area contributed by atoms with E-state index in [2.05, 4.69) is 20.9 Å². The van der Waals surface area contributed by atoms with E-state index in [1.54, 1.807) is 6.92 Å². The van der Waals surface area contributed by atoms with Gasteiger partial charge in [0.15, 0.2) is 5.82 Å². The summed E-state index contributed by atoms with van der Waals surface area (Å²) in [6, 6.07) is 11.5. The maximum atomic E-state index is 5.91. The Morgan fingerprint density at radius 3 is 2.75 bits per heavy atom. The van der Waals surface area contributed by atoms with Gasteiger partial charge in [-0.3, -0.25) is 0 Å². The van der Waals surface area contributed by atoms with Crippen LogP contribution in [0.3, 0.4) is 0 Å². The van der Waals surface area contributed by atoms with Crippen molar-refractivity contribution in [3.63, 3.8) is 0 Å². The van der Waals surface area contributed by atoms with E-state index in [1.165, 1.54) is 0 Å². The van der Waals surface area contributed by atoms with E-state index in [0.29, 0.717) is 17.2 Å². The van der Waals surface area contributed by atoms with E-state index in [1.807, 2.05) is 36.4 Å². The third-order valence-corrected chi connectivity index (χ3v) is 3.01. The quantitative estimate of drug-likeness (QED) is 0.683. The van der Waals surface area contributed by atoms with E-state index in [9.17, 15) is 0 Å². The average molecular weight is 260 g/mol. The lowest BCUT2D eigenvalue weighted by atomic mass is 10.1. The minimum Gasteiger partial charge on any atom is -0.382 e. The van der Waals surface area contributed by atoms with Crippen molar-refractivity contribution in [1.29, 1.82) is 0 Å². The summed E-state index contributed by atoms with van der Waals surface area (Å²) < 4.78 is 0. The highest BCUT2D eigenvalue weighted by molar-refractivity contribution is 5.86. The highest BCUT2D eigenvalue weighted by Gasteiger charge is 2.07. The second kappa shape index (κ2) is 4.63. The van der Waals surface area contributed by atoms with E-state index in [-0.39, 0.29) is 0 Å². The Kier molecular flexibility index (Phi) is 2.81. The van der Waals surface area contributed by atoms with Crippen LogP contribution in [-0.4, -0.2) is 15.0 Å².